The zero-order chi connectivity index (χ0) is 16.1. The maximum Gasteiger partial charge on any atom is 0.125 e. The molecule has 3 rings (SSSR count). The number of aliphatic hydroxyl groups excluding tert-OH is 1. The highest BCUT2D eigenvalue weighted by Crippen LogP contribution is 2.21. The van der Waals surface area contributed by atoms with Crippen LogP contribution in [-0.2, 0) is 0 Å². The first-order valence-corrected chi connectivity index (χ1v) is 8.01. The molecule has 0 radical (unpaired) electrons. The molecule has 4 nitrogen and oxygen atoms in total. The van der Waals surface area contributed by atoms with Crippen molar-refractivity contribution in [1.29, 1.82) is 0 Å². The van der Waals surface area contributed by atoms with Crippen LogP contribution in [0.15, 0.2) is 48.7 Å². The van der Waals surface area contributed by atoms with Crippen LogP contribution in [0.25, 0.3) is 0 Å². The molecule has 0 spiro atoms. The van der Waals surface area contributed by atoms with Crippen LogP contribution in [-0.4, -0.2) is 41.2 Å². The van der Waals surface area contributed by atoms with Crippen molar-refractivity contribution in [3.8, 4) is 0 Å². The molecule has 0 saturated carbocycles. The van der Waals surface area contributed by atoms with Crippen molar-refractivity contribution in [3.05, 3.63) is 60.0 Å². The number of aromatic nitrogens is 1. The molecular formula is C18H22FN3O. The van der Waals surface area contributed by atoms with Crippen molar-refractivity contribution in [3.63, 3.8) is 0 Å². The van der Waals surface area contributed by atoms with Gasteiger partial charge < -0.3 is 15.3 Å². The predicted octanol–water partition coefficient (Wildman–Crippen LogP) is 2.69. The maximum absolute atomic E-state index is 12.9. The molecule has 0 aliphatic carbocycles. The number of pyridine rings is 1. The third-order valence-corrected chi connectivity index (χ3v) is 4.29. The number of halogens is 1. The highest BCUT2D eigenvalue weighted by molar-refractivity contribution is 5.33. The maximum atomic E-state index is 12.9. The Morgan fingerprint density at radius 3 is 2.83 bits per heavy atom. The SMILES string of the molecule is O[C@@H](CN1CC[C@@H](CNc2ccccn2)C1)c1ccc(F)cc1. The minimum absolute atomic E-state index is 0.275. The van der Waals surface area contributed by atoms with Gasteiger partial charge in [-0.2, -0.15) is 0 Å². The number of aliphatic hydroxyl groups is 1. The summed E-state index contributed by atoms with van der Waals surface area (Å²) in [5.74, 6) is 1.18. The van der Waals surface area contributed by atoms with E-state index in [0.717, 1.165) is 37.4 Å². The zero-order valence-corrected chi connectivity index (χ0v) is 13.0. The molecular weight excluding hydrogens is 293 g/mol. The van der Waals surface area contributed by atoms with E-state index in [9.17, 15) is 9.50 Å². The lowest BCUT2D eigenvalue weighted by molar-refractivity contribution is 0.124. The van der Waals surface area contributed by atoms with Crippen LogP contribution in [0.3, 0.4) is 0 Å². The van der Waals surface area contributed by atoms with Gasteiger partial charge in [0.05, 0.1) is 6.10 Å². The molecule has 1 fully saturated rings. The van der Waals surface area contributed by atoms with E-state index in [2.05, 4.69) is 15.2 Å². The fourth-order valence-electron chi connectivity index (χ4n) is 3.00. The van der Waals surface area contributed by atoms with E-state index in [0.29, 0.717) is 12.5 Å². The average molecular weight is 315 g/mol. The number of likely N-dealkylation sites (tertiary alicyclic amines) is 1. The lowest BCUT2D eigenvalue weighted by Crippen LogP contribution is -2.27. The largest absolute Gasteiger partial charge is 0.387 e. The molecule has 2 atom stereocenters. The normalized spacial score (nSPS) is 19.7. The Bertz CT molecular complexity index is 605. The lowest BCUT2D eigenvalue weighted by Gasteiger charge is -2.20. The first-order valence-electron chi connectivity index (χ1n) is 8.01. The van der Waals surface area contributed by atoms with Gasteiger partial charge in [-0.25, -0.2) is 9.37 Å². The molecule has 1 aliphatic rings. The third kappa shape index (κ3) is 4.50. The molecule has 1 saturated heterocycles. The Morgan fingerprint density at radius 2 is 2.09 bits per heavy atom. The highest BCUT2D eigenvalue weighted by atomic mass is 19.1. The molecule has 0 unspecified atom stereocenters. The third-order valence-electron chi connectivity index (χ3n) is 4.29. The molecule has 1 aliphatic heterocycles. The van der Waals surface area contributed by atoms with Crippen LogP contribution in [0.4, 0.5) is 10.2 Å². The van der Waals surface area contributed by atoms with E-state index in [-0.39, 0.29) is 5.82 Å². The molecule has 5 heteroatoms. The average Bonchev–Trinajstić information content (AvgIpc) is 3.02. The van der Waals surface area contributed by atoms with Crippen LogP contribution in [0.2, 0.25) is 0 Å². The quantitative estimate of drug-likeness (QED) is 0.860. The van der Waals surface area contributed by atoms with E-state index in [1.54, 1.807) is 18.3 Å². The van der Waals surface area contributed by atoms with Crippen molar-refractivity contribution in [2.75, 3.05) is 31.5 Å². The Hall–Kier alpha value is -1.98. The van der Waals surface area contributed by atoms with E-state index in [4.69, 9.17) is 0 Å². The number of hydrogen-bond acceptors (Lipinski definition) is 4. The number of β-amino-alcohol motifs (C(OH)–C–C–N with tert-alkyl or cyclic N) is 1. The van der Waals surface area contributed by atoms with E-state index in [1.807, 2.05) is 18.2 Å². The van der Waals surface area contributed by atoms with Gasteiger partial charge in [0.1, 0.15) is 11.6 Å². The van der Waals surface area contributed by atoms with Crippen molar-refractivity contribution in [1.82, 2.24) is 9.88 Å². The van der Waals surface area contributed by atoms with Crippen molar-refractivity contribution < 1.29 is 9.50 Å². The molecule has 0 amide bonds. The van der Waals surface area contributed by atoms with Crippen LogP contribution in [0, 0.1) is 11.7 Å². The Morgan fingerprint density at radius 1 is 1.26 bits per heavy atom. The summed E-state index contributed by atoms with van der Waals surface area (Å²) in [4.78, 5) is 6.52. The molecule has 0 bridgehead atoms. The second-order valence-corrected chi connectivity index (χ2v) is 6.08. The summed E-state index contributed by atoms with van der Waals surface area (Å²) in [5.41, 5.74) is 0.765. The highest BCUT2D eigenvalue weighted by Gasteiger charge is 2.24. The minimum atomic E-state index is -0.571. The van der Waals surface area contributed by atoms with Gasteiger partial charge in [0, 0.05) is 25.8 Å². The molecule has 122 valence electrons. The zero-order valence-electron chi connectivity index (χ0n) is 13.0. The standard InChI is InChI=1S/C18H22FN3O/c19-16-6-4-15(5-7-16)17(23)13-22-10-8-14(12-22)11-21-18-3-1-2-9-20-18/h1-7,9,14,17,23H,8,10-13H2,(H,20,21)/t14-,17-/m0/s1. The predicted molar refractivity (Wildman–Crippen MR) is 88.6 cm³/mol. The topological polar surface area (TPSA) is 48.4 Å². The van der Waals surface area contributed by atoms with Gasteiger partial charge in [-0.3, -0.25) is 0 Å². The molecule has 2 heterocycles. The van der Waals surface area contributed by atoms with Gasteiger partial charge in [-0.05, 0) is 48.7 Å². The van der Waals surface area contributed by atoms with Crippen molar-refractivity contribution in [2.24, 2.45) is 5.92 Å². The smallest absolute Gasteiger partial charge is 0.125 e. The van der Waals surface area contributed by atoms with E-state index < -0.39 is 6.10 Å². The summed E-state index contributed by atoms with van der Waals surface area (Å²) in [6.07, 6.45) is 2.32. The minimum Gasteiger partial charge on any atom is -0.387 e. The number of nitrogens with zero attached hydrogens (tertiary/aromatic N) is 2. The number of rotatable bonds is 6. The molecule has 23 heavy (non-hydrogen) atoms. The number of nitrogens with one attached hydrogen (secondary N) is 1. The first kappa shape index (κ1) is 15.9. The van der Waals surface area contributed by atoms with Gasteiger partial charge in [-0.1, -0.05) is 18.2 Å². The molecule has 1 aromatic heterocycles. The molecule has 1 aromatic carbocycles. The van der Waals surface area contributed by atoms with Crippen LogP contribution in [0.1, 0.15) is 18.1 Å². The van der Waals surface area contributed by atoms with Crippen LogP contribution < -0.4 is 5.32 Å². The van der Waals surface area contributed by atoms with E-state index >= 15 is 0 Å². The Labute approximate surface area is 136 Å². The second-order valence-electron chi connectivity index (χ2n) is 6.08. The fraction of sp³-hybridized carbons (Fsp3) is 0.389. The van der Waals surface area contributed by atoms with E-state index in [1.165, 1.54) is 12.1 Å². The summed E-state index contributed by atoms with van der Waals surface area (Å²) >= 11 is 0. The van der Waals surface area contributed by atoms with Gasteiger partial charge >= 0.3 is 0 Å². The Balaban J connectivity index is 1.45. The number of benzene rings is 1. The van der Waals surface area contributed by atoms with Crippen LogP contribution in [0.5, 0.6) is 0 Å². The number of hydrogen-bond donors (Lipinski definition) is 2. The van der Waals surface area contributed by atoms with Crippen molar-refractivity contribution >= 4 is 5.82 Å². The summed E-state index contributed by atoms with van der Waals surface area (Å²) in [7, 11) is 0. The van der Waals surface area contributed by atoms with Gasteiger partial charge in [0.25, 0.3) is 0 Å². The summed E-state index contributed by atoms with van der Waals surface area (Å²) in [6.45, 7) is 3.41. The summed E-state index contributed by atoms with van der Waals surface area (Å²) in [6, 6.07) is 11.9. The molecule has 2 N–H and O–H groups in total. The van der Waals surface area contributed by atoms with Gasteiger partial charge in [0.15, 0.2) is 0 Å². The Kier molecular flexibility index (Phi) is 5.20. The monoisotopic (exact) mass is 315 g/mol. The number of anilines is 1. The van der Waals surface area contributed by atoms with Gasteiger partial charge in [0.2, 0.25) is 0 Å². The summed E-state index contributed by atoms with van der Waals surface area (Å²) < 4.78 is 12.9. The molecule has 2 aromatic rings. The second kappa shape index (κ2) is 7.53. The fourth-order valence-corrected chi connectivity index (χ4v) is 3.00. The van der Waals surface area contributed by atoms with Gasteiger partial charge in [-0.15, -0.1) is 0 Å². The lowest BCUT2D eigenvalue weighted by atomic mass is 10.1. The first-order chi connectivity index (χ1) is 11.2. The summed E-state index contributed by atoms with van der Waals surface area (Å²) in [5, 5.41) is 13.6. The van der Waals surface area contributed by atoms with Crippen molar-refractivity contribution in [2.45, 2.75) is 12.5 Å². The van der Waals surface area contributed by atoms with Crippen LogP contribution >= 0.6 is 0 Å².